The third kappa shape index (κ3) is 4.55. The van der Waals surface area contributed by atoms with E-state index in [2.05, 4.69) is 32.7 Å². The number of imide groups is 1. The van der Waals surface area contributed by atoms with Gasteiger partial charge in [-0.05, 0) is 35.9 Å². The van der Waals surface area contributed by atoms with Crippen LogP contribution in [0.5, 0.6) is 0 Å². The molecule has 1 aliphatic rings. The Morgan fingerprint density at radius 3 is 2.67 bits per heavy atom. The van der Waals surface area contributed by atoms with E-state index in [-0.39, 0.29) is 16.0 Å². The van der Waals surface area contributed by atoms with Crippen LogP contribution in [-0.4, -0.2) is 27.7 Å². The Bertz CT molecular complexity index is 1130. The van der Waals surface area contributed by atoms with Crippen LogP contribution < -0.4 is 10.6 Å². The van der Waals surface area contributed by atoms with Gasteiger partial charge in [0.2, 0.25) is 0 Å². The van der Waals surface area contributed by atoms with Crippen molar-refractivity contribution in [1.29, 1.82) is 0 Å². The topological polar surface area (TPSA) is 84.0 Å². The molecule has 2 amide bonds. The fourth-order valence-corrected chi connectivity index (χ4v) is 3.65. The molecule has 0 saturated carbocycles. The Balaban J connectivity index is 1.53. The molecule has 30 heavy (non-hydrogen) atoms. The van der Waals surface area contributed by atoms with Gasteiger partial charge in [-0.3, -0.25) is 19.9 Å². The highest BCUT2D eigenvalue weighted by Gasteiger charge is 2.25. The van der Waals surface area contributed by atoms with Crippen LogP contribution in [0.3, 0.4) is 0 Å². The number of thioether (sulfide) groups is 1. The highest BCUT2D eigenvalue weighted by molar-refractivity contribution is 8.18. The molecule has 2 N–H and O–H groups in total. The van der Waals surface area contributed by atoms with Gasteiger partial charge in [-0.1, -0.05) is 42.5 Å². The van der Waals surface area contributed by atoms with Crippen LogP contribution in [-0.2, 0) is 11.2 Å². The number of halogens is 1. The number of nitrogens with one attached hydrogen (secondary N) is 2. The van der Waals surface area contributed by atoms with Crippen molar-refractivity contribution in [2.45, 2.75) is 6.42 Å². The Morgan fingerprint density at radius 1 is 1.07 bits per heavy atom. The van der Waals surface area contributed by atoms with E-state index in [1.54, 1.807) is 18.3 Å². The van der Waals surface area contributed by atoms with Crippen molar-refractivity contribution in [3.63, 3.8) is 0 Å². The summed E-state index contributed by atoms with van der Waals surface area (Å²) in [5.74, 6) is -0.518. The van der Waals surface area contributed by atoms with Gasteiger partial charge in [-0.15, -0.1) is 0 Å². The number of rotatable bonds is 6. The van der Waals surface area contributed by atoms with Crippen molar-refractivity contribution < 1.29 is 14.0 Å². The van der Waals surface area contributed by atoms with Crippen molar-refractivity contribution in [2.24, 2.45) is 0 Å². The van der Waals surface area contributed by atoms with Crippen molar-refractivity contribution in [2.75, 3.05) is 11.9 Å². The minimum atomic E-state index is -0.534. The summed E-state index contributed by atoms with van der Waals surface area (Å²) in [6, 6.07) is 14.9. The molecule has 150 valence electrons. The van der Waals surface area contributed by atoms with Gasteiger partial charge in [-0.2, -0.15) is 0 Å². The van der Waals surface area contributed by atoms with Crippen LogP contribution in [0.4, 0.5) is 15.0 Å². The standard InChI is InChI=1S/C22H17FN4O2S/c23-20-15(11-18-21(28)27-22(29)30-18)7-4-8-16(20)17-12-24-13-19(26-17)25-10-9-14-5-2-1-3-6-14/h1-8,11-13H,9-10H2,(H,25,26)(H,27,28,29). The highest BCUT2D eigenvalue weighted by atomic mass is 32.2. The minimum Gasteiger partial charge on any atom is -0.368 e. The maximum absolute atomic E-state index is 15.1. The van der Waals surface area contributed by atoms with Crippen molar-refractivity contribution >= 4 is 34.8 Å². The molecule has 0 unspecified atom stereocenters. The average molecular weight is 420 g/mol. The summed E-state index contributed by atoms with van der Waals surface area (Å²) < 4.78 is 15.1. The molecule has 1 aromatic heterocycles. The van der Waals surface area contributed by atoms with E-state index in [0.717, 1.165) is 18.2 Å². The predicted octanol–water partition coefficient (Wildman–Crippen LogP) is 4.26. The predicted molar refractivity (Wildman–Crippen MR) is 115 cm³/mol. The molecule has 0 atom stereocenters. The molecule has 0 radical (unpaired) electrons. The second kappa shape index (κ2) is 8.87. The molecular weight excluding hydrogens is 403 g/mol. The Kier molecular flexibility index (Phi) is 5.85. The quantitative estimate of drug-likeness (QED) is 0.580. The lowest BCUT2D eigenvalue weighted by Crippen LogP contribution is -2.17. The molecule has 4 rings (SSSR count). The van der Waals surface area contributed by atoms with Crippen LogP contribution >= 0.6 is 11.8 Å². The molecule has 0 aliphatic carbocycles. The molecule has 0 bridgehead atoms. The number of hydrogen-bond donors (Lipinski definition) is 2. The van der Waals surface area contributed by atoms with E-state index in [9.17, 15) is 9.59 Å². The number of aromatic nitrogens is 2. The van der Waals surface area contributed by atoms with E-state index >= 15 is 4.39 Å². The monoisotopic (exact) mass is 420 g/mol. The number of hydrogen-bond acceptors (Lipinski definition) is 6. The molecule has 2 heterocycles. The average Bonchev–Trinajstić information content (AvgIpc) is 3.07. The summed E-state index contributed by atoms with van der Waals surface area (Å²) in [4.78, 5) is 31.8. The smallest absolute Gasteiger partial charge is 0.290 e. The second-order valence-corrected chi connectivity index (χ2v) is 7.53. The normalized spacial score (nSPS) is 14.8. The number of benzene rings is 2. The van der Waals surface area contributed by atoms with E-state index in [1.165, 1.54) is 23.9 Å². The molecule has 2 aromatic carbocycles. The Hall–Kier alpha value is -3.52. The first-order chi connectivity index (χ1) is 14.6. The fraction of sp³-hybridized carbons (Fsp3) is 0.0909. The van der Waals surface area contributed by atoms with Crippen LogP contribution in [0.1, 0.15) is 11.1 Å². The van der Waals surface area contributed by atoms with E-state index < -0.39 is 17.0 Å². The zero-order valence-electron chi connectivity index (χ0n) is 15.8. The number of nitrogens with zero attached hydrogens (tertiary/aromatic N) is 2. The molecule has 1 fully saturated rings. The molecule has 3 aromatic rings. The Labute approximate surface area is 176 Å². The van der Waals surface area contributed by atoms with Gasteiger partial charge in [-0.25, -0.2) is 9.37 Å². The van der Waals surface area contributed by atoms with Crippen LogP contribution in [0.25, 0.3) is 17.3 Å². The highest BCUT2D eigenvalue weighted by Crippen LogP contribution is 2.29. The number of carbonyl (C=O) groups is 2. The lowest BCUT2D eigenvalue weighted by molar-refractivity contribution is -0.115. The second-order valence-electron chi connectivity index (χ2n) is 6.51. The van der Waals surface area contributed by atoms with Gasteiger partial charge in [0.1, 0.15) is 11.6 Å². The number of carbonyl (C=O) groups excluding carboxylic acids is 2. The van der Waals surface area contributed by atoms with Gasteiger partial charge in [0.25, 0.3) is 11.1 Å². The molecular formula is C22H17FN4O2S. The fourth-order valence-electron chi connectivity index (χ4n) is 2.98. The molecule has 0 spiro atoms. The van der Waals surface area contributed by atoms with Crippen LogP contribution in [0, 0.1) is 5.82 Å². The zero-order chi connectivity index (χ0) is 20.9. The van der Waals surface area contributed by atoms with Gasteiger partial charge in [0, 0.05) is 17.7 Å². The third-order valence-corrected chi connectivity index (χ3v) is 5.24. The minimum absolute atomic E-state index is 0.151. The van der Waals surface area contributed by atoms with Crippen LogP contribution in [0.15, 0.2) is 65.8 Å². The van der Waals surface area contributed by atoms with E-state index in [1.807, 2.05) is 18.2 Å². The molecule has 1 saturated heterocycles. The summed E-state index contributed by atoms with van der Waals surface area (Å²) >= 11 is 0.745. The SMILES string of the molecule is O=C1NC(=O)C(=Cc2cccc(-c3cncc(NCCc4ccccc4)n3)c2F)S1. The number of amides is 2. The lowest BCUT2D eigenvalue weighted by atomic mass is 10.1. The van der Waals surface area contributed by atoms with Crippen molar-refractivity contribution in [1.82, 2.24) is 15.3 Å². The first kappa shape index (κ1) is 19.8. The summed E-state index contributed by atoms with van der Waals surface area (Å²) in [7, 11) is 0. The van der Waals surface area contributed by atoms with E-state index in [4.69, 9.17) is 0 Å². The summed E-state index contributed by atoms with van der Waals surface area (Å²) in [6.45, 7) is 0.664. The summed E-state index contributed by atoms with van der Waals surface area (Å²) in [5.41, 5.74) is 2.03. The summed E-state index contributed by atoms with van der Waals surface area (Å²) in [5, 5.41) is 4.89. The van der Waals surface area contributed by atoms with Gasteiger partial charge in [0.05, 0.1) is 23.0 Å². The molecule has 6 nitrogen and oxygen atoms in total. The maximum Gasteiger partial charge on any atom is 0.290 e. The third-order valence-electron chi connectivity index (χ3n) is 4.43. The molecule has 1 aliphatic heterocycles. The lowest BCUT2D eigenvalue weighted by Gasteiger charge is -2.09. The van der Waals surface area contributed by atoms with Gasteiger partial charge >= 0.3 is 0 Å². The first-order valence-electron chi connectivity index (χ1n) is 9.24. The molecule has 8 heteroatoms. The van der Waals surface area contributed by atoms with Gasteiger partial charge in [0.15, 0.2) is 0 Å². The van der Waals surface area contributed by atoms with E-state index in [0.29, 0.717) is 18.1 Å². The van der Waals surface area contributed by atoms with Gasteiger partial charge < -0.3 is 5.32 Å². The van der Waals surface area contributed by atoms with Crippen molar-refractivity contribution in [3.8, 4) is 11.3 Å². The zero-order valence-corrected chi connectivity index (χ0v) is 16.6. The summed E-state index contributed by atoms with van der Waals surface area (Å²) in [6.07, 6.45) is 5.25. The van der Waals surface area contributed by atoms with Crippen molar-refractivity contribution in [3.05, 3.63) is 82.8 Å². The Morgan fingerprint density at radius 2 is 1.90 bits per heavy atom. The largest absolute Gasteiger partial charge is 0.368 e. The number of anilines is 1. The maximum atomic E-state index is 15.1. The van der Waals surface area contributed by atoms with Crippen LogP contribution in [0.2, 0.25) is 0 Å². The first-order valence-corrected chi connectivity index (χ1v) is 10.1.